The third-order valence-corrected chi connectivity index (χ3v) is 10.2. The number of nitrogens with zero attached hydrogens (tertiary/aromatic N) is 6. The van der Waals surface area contributed by atoms with Crippen LogP contribution < -0.4 is 14.4 Å². The number of carboxylic acid groups (broad SMARTS) is 1. The second-order valence-corrected chi connectivity index (χ2v) is 13.9. The van der Waals surface area contributed by atoms with E-state index in [-0.39, 0.29) is 36.6 Å². The summed E-state index contributed by atoms with van der Waals surface area (Å²) in [6.07, 6.45) is -3.20. The van der Waals surface area contributed by atoms with Gasteiger partial charge in [-0.15, -0.1) is 0 Å². The van der Waals surface area contributed by atoms with E-state index in [1.807, 2.05) is 32.0 Å². The topological polar surface area (TPSA) is 161 Å². The number of carboxylic acids is 1. The minimum atomic E-state index is -5.08. The van der Waals surface area contributed by atoms with Crippen LogP contribution in [0.5, 0.6) is 11.5 Å². The van der Waals surface area contributed by atoms with Gasteiger partial charge in [0.2, 0.25) is 0 Å². The minimum absolute atomic E-state index is 0.0616. The van der Waals surface area contributed by atoms with Crippen molar-refractivity contribution in [1.82, 2.24) is 24.3 Å². The summed E-state index contributed by atoms with van der Waals surface area (Å²) in [6.45, 7) is 9.66. The normalized spacial score (nSPS) is 16.5. The fourth-order valence-corrected chi connectivity index (χ4v) is 7.21. The van der Waals surface area contributed by atoms with Crippen molar-refractivity contribution in [3.63, 3.8) is 0 Å². The lowest BCUT2D eigenvalue weighted by molar-refractivity contribution is -0.687. The maximum atomic E-state index is 13.4. The SMILES string of the molecule is CCn1c(CN2C(=O)c3ccccc3C2=O)[n+](CC2CCOCC2)c2ccc(OCC(=O)N3CCN(Cc4nc(C)ccc4[O-])CC3)cc21.O=C(O)C(F)(F)F. The number of carbonyl (C=O) groups is 4. The number of ether oxygens (including phenoxy) is 2. The predicted molar refractivity (Wildman–Crippen MR) is 191 cm³/mol. The molecule has 2 aromatic carbocycles. The van der Waals surface area contributed by atoms with E-state index >= 15 is 0 Å². The summed E-state index contributed by atoms with van der Waals surface area (Å²) in [5.74, 6) is -1.63. The van der Waals surface area contributed by atoms with E-state index in [0.29, 0.717) is 67.8 Å². The average Bonchev–Trinajstić information content (AvgIpc) is 3.60. The average molecular weight is 781 g/mol. The summed E-state index contributed by atoms with van der Waals surface area (Å²) in [7, 11) is 0. The van der Waals surface area contributed by atoms with Gasteiger partial charge in [0.1, 0.15) is 12.3 Å². The molecule has 5 heterocycles. The number of piperazine rings is 1. The number of imidazole rings is 1. The van der Waals surface area contributed by atoms with Crippen molar-refractivity contribution in [2.24, 2.45) is 5.92 Å². The molecule has 298 valence electrons. The molecule has 0 unspecified atom stereocenters. The number of halogens is 3. The van der Waals surface area contributed by atoms with Gasteiger partial charge < -0.3 is 24.6 Å². The van der Waals surface area contributed by atoms with Crippen molar-refractivity contribution < 1.29 is 56.6 Å². The summed E-state index contributed by atoms with van der Waals surface area (Å²) >= 11 is 0. The van der Waals surface area contributed by atoms with Crippen LogP contribution in [0, 0.1) is 12.8 Å². The molecule has 14 nitrogen and oxygen atoms in total. The molecule has 0 spiro atoms. The number of pyridine rings is 1. The van der Waals surface area contributed by atoms with Crippen molar-refractivity contribution in [1.29, 1.82) is 0 Å². The maximum absolute atomic E-state index is 13.4. The molecule has 3 aliphatic rings. The number of alkyl halides is 3. The Hall–Kier alpha value is -5.55. The number of aromatic nitrogens is 3. The first kappa shape index (κ1) is 40.1. The molecule has 4 aromatic rings. The van der Waals surface area contributed by atoms with E-state index in [1.54, 1.807) is 41.3 Å². The highest BCUT2D eigenvalue weighted by Gasteiger charge is 2.40. The summed E-state index contributed by atoms with van der Waals surface area (Å²) < 4.78 is 47.8. The largest absolute Gasteiger partial charge is 0.871 e. The summed E-state index contributed by atoms with van der Waals surface area (Å²) in [6, 6.07) is 16.1. The predicted octanol–water partition coefficient (Wildman–Crippen LogP) is 3.31. The number of aryl methyl sites for hydroxylation is 2. The zero-order chi connectivity index (χ0) is 40.1. The lowest BCUT2D eigenvalue weighted by atomic mass is 10.0. The monoisotopic (exact) mass is 780 g/mol. The molecule has 17 heteroatoms. The third-order valence-electron chi connectivity index (χ3n) is 10.2. The van der Waals surface area contributed by atoms with Gasteiger partial charge in [-0.1, -0.05) is 23.9 Å². The van der Waals surface area contributed by atoms with Crippen molar-refractivity contribution >= 4 is 34.7 Å². The first-order valence-electron chi connectivity index (χ1n) is 18.4. The fourth-order valence-electron chi connectivity index (χ4n) is 7.21. The summed E-state index contributed by atoms with van der Waals surface area (Å²) in [5.41, 5.74) is 4.13. The van der Waals surface area contributed by atoms with Gasteiger partial charge in [0.15, 0.2) is 17.6 Å². The third kappa shape index (κ3) is 8.94. The van der Waals surface area contributed by atoms with Gasteiger partial charge in [0, 0.05) is 69.3 Å². The highest BCUT2D eigenvalue weighted by atomic mass is 19.4. The Kier molecular flexibility index (Phi) is 12.2. The quantitative estimate of drug-likeness (QED) is 0.187. The van der Waals surface area contributed by atoms with Crippen LogP contribution >= 0.6 is 0 Å². The van der Waals surface area contributed by atoms with E-state index < -0.39 is 12.1 Å². The summed E-state index contributed by atoms with van der Waals surface area (Å²) in [4.78, 5) is 58.5. The number of hydrogen-bond donors (Lipinski definition) is 1. The minimum Gasteiger partial charge on any atom is -0.871 e. The number of benzene rings is 2. The molecule has 0 bridgehead atoms. The molecule has 2 saturated heterocycles. The van der Waals surface area contributed by atoms with Crippen LogP contribution in [0.15, 0.2) is 54.6 Å². The Morgan fingerprint density at radius 2 is 1.62 bits per heavy atom. The molecule has 3 aliphatic heterocycles. The Balaban J connectivity index is 0.000000695. The molecule has 0 radical (unpaired) electrons. The highest BCUT2D eigenvalue weighted by molar-refractivity contribution is 6.21. The Labute approximate surface area is 320 Å². The van der Waals surface area contributed by atoms with Gasteiger partial charge in [0.25, 0.3) is 23.5 Å². The summed E-state index contributed by atoms with van der Waals surface area (Å²) in [5, 5.41) is 19.3. The number of fused-ring (bicyclic) bond motifs is 2. The van der Waals surface area contributed by atoms with Crippen LogP contribution in [-0.2, 0) is 40.5 Å². The highest BCUT2D eigenvalue weighted by Crippen LogP contribution is 2.28. The first-order valence-corrected chi connectivity index (χ1v) is 18.4. The smallest absolute Gasteiger partial charge is 0.490 e. The zero-order valence-electron chi connectivity index (χ0n) is 31.1. The molecule has 0 atom stereocenters. The van der Waals surface area contributed by atoms with Gasteiger partial charge in [-0.25, -0.2) is 13.9 Å². The Bertz CT molecular complexity index is 2070. The lowest BCUT2D eigenvalue weighted by Crippen LogP contribution is -2.49. The van der Waals surface area contributed by atoms with E-state index in [1.165, 1.54) is 4.90 Å². The fraction of sp³-hybridized carbons (Fsp3) is 0.436. The molecular formula is C39H43F3N6O8. The molecule has 2 fully saturated rings. The van der Waals surface area contributed by atoms with Gasteiger partial charge in [-0.05, 0) is 57.0 Å². The lowest BCUT2D eigenvalue weighted by Gasteiger charge is -2.35. The van der Waals surface area contributed by atoms with E-state index in [0.717, 1.165) is 55.2 Å². The van der Waals surface area contributed by atoms with E-state index in [2.05, 4.69) is 19.0 Å². The molecule has 3 amide bonds. The van der Waals surface area contributed by atoms with Crippen LogP contribution in [0.4, 0.5) is 13.2 Å². The second-order valence-electron chi connectivity index (χ2n) is 13.9. The number of hydrogen-bond acceptors (Lipinski definition) is 9. The van der Waals surface area contributed by atoms with Crippen molar-refractivity contribution in [2.75, 3.05) is 46.0 Å². The van der Waals surface area contributed by atoms with Gasteiger partial charge >= 0.3 is 12.1 Å². The number of amides is 3. The molecule has 0 aliphatic carbocycles. The van der Waals surface area contributed by atoms with Crippen molar-refractivity contribution in [2.45, 2.75) is 59.0 Å². The Morgan fingerprint density at radius 1 is 0.982 bits per heavy atom. The van der Waals surface area contributed by atoms with Gasteiger partial charge in [0.05, 0.1) is 24.2 Å². The second kappa shape index (κ2) is 17.1. The van der Waals surface area contributed by atoms with E-state index in [4.69, 9.17) is 19.4 Å². The van der Waals surface area contributed by atoms with Crippen LogP contribution in [0.2, 0.25) is 0 Å². The zero-order valence-corrected chi connectivity index (χ0v) is 31.1. The Morgan fingerprint density at radius 3 is 2.23 bits per heavy atom. The first-order chi connectivity index (χ1) is 26.7. The number of aliphatic carboxylic acids is 1. The number of imide groups is 1. The van der Waals surface area contributed by atoms with Crippen LogP contribution in [0.3, 0.4) is 0 Å². The molecule has 2 aromatic heterocycles. The van der Waals surface area contributed by atoms with Crippen LogP contribution in [0.1, 0.15) is 57.7 Å². The molecule has 7 rings (SSSR count). The number of rotatable bonds is 10. The van der Waals surface area contributed by atoms with Crippen LogP contribution in [-0.4, -0.2) is 105 Å². The standard InChI is InChI=1S/C37H42N6O6.C2HF3O2/c1-3-41-32-20-27(49-24-35(45)40-16-14-39(15-17-40)22-30-33(44)11-8-25(2)38-30)9-10-31(32)42(21-26-12-18-48-19-13-26)34(41)23-43-36(46)28-6-4-5-7-29(28)37(43)47;3-2(4,5)1(6)7/h4-11,20,26H,3,12-19,21-24H2,1-2H3;(H,6,7). The molecule has 0 saturated carbocycles. The number of carbonyl (C=O) groups excluding carboxylic acids is 3. The van der Waals surface area contributed by atoms with Crippen molar-refractivity contribution in [3.05, 3.63) is 82.9 Å². The van der Waals surface area contributed by atoms with Crippen molar-refractivity contribution in [3.8, 4) is 11.5 Å². The van der Waals surface area contributed by atoms with Gasteiger partial charge in [-0.3, -0.25) is 29.2 Å². The molecule has 1 N–H and O–H groups in total. The maximum Gasteiger partial charge on any atom is 0.490 e. The molecular weight excluding hydrogens is 737 g/mol. The molecule has 56 heavy (non-hydrogen) atoms. The van der Waals surface area contributed by atoms with E-state index in [9.17, 15) is 32.7 Å². The van der Waals surface area contributed by atoms with Crippen LogP contribution in [0.25, 0.3) is 11.0 Å². The van der Waals surface area contributed by atoms with Gasteiger partial charge in [-0.2, -0.15) is 13.2 Å².